The van der Waals surface area contributed by atoms with Crippen molar-refractivity contribution in [3.8, 4) is 0 Å². The Labute approximate surface area is 103 Å². The topological polar surface area (TPSA) is 58.2 Å². The third kappa shape index (κ3) is 3.52. The highest BCUT2D eigenvalue weighted by molar-refractivity contribution is 7.89. The Kier molecular flexibility index (Phi) is 5.11. The van der Waals surface area contributed by atoms with Crippen molar-refractivity contribution in [2.45, 2.75) is 31.2 Å². The van der Waals surface area contributed by atoms with Gasteiger partial charge in [-0.25, -0.2) is 13.1 Å². The van der Waals surface area contributed by atoms with Gasteiger partial charge in [0.2, 0.25) is 10.0 Å². The Bertz CT molecular complexity index is 453. The zero-order chi connectivity index (χ0) is 12.9. The van der Waals surface area contributed by atoms with Crippen molar-refractivity contribution in [2.24, 2.45) is 0 Å². The molecule has 0 aliphatic heterocycles. The first-order chi connectivity index (χ1) is 8.05. The van der Waals surface area contributed by atoms with E-state index in [0.717, 1.165) is 12.0 Å². The third-order valence-corrected chi connectivity index (χ3v) is 4.21. The maximum Gasteiger partial charge on any atom is 0.240 e. The van der Waals surface area contributed by atoms with E-state index in [1.807, 2.05) is 13.1 Å². The van der Waals surface area contributed by atoms with Gasteiger partial charge in [0, 0.05) is 12.6 Å². The van der Waals surface area contributed by atoms with Gasteiger partial charge >= 0.3 is 0 Å². The van der Waals surface area contributed by atoms with Crippen molar-refractivity contribution in [3.05, 3.63) is 29.8 Å². The Balaban J connectivity index is 3.09. The lowest BCUT2D eigenvalue weighted by molar-refractivity contribution is 0.571. The van der Waals surface area contributed by atoms with Gasteiger partial charge in [0.05, 0.1) is 4.90 Å². The van der Waals surface area contributed by atoms with E-state index in [4.69, 9.17) is 0 Å². The van der Waals surface area contributed by atoms with Gasteiger partial charge in [-0.05, 0) is 31.2 Å². The van der Waals surface area contributed by atoms with Crippen molar-refractivity contribution in [1.82, 2.24) is 10.0 Å². The average Bonchev–Trinajstić information content (AvgIpc) is 2.31. The molecule has 0 saturated heterocycles. The number of benzene rings is 1. The molecule has 1 aromatic carbocycles. The summed E-state index contributed by atoms with van der Waals surface area (Å²) in [6, 6.07) is 7.24. The normalized spacial score (nSPS) is 13.6. The summed E-state index contributed by atoms with van der Waals surface area (Å²) in [6.45, 7) is 4.23. The van der Waals surface area contributed by atoms with Crippen molar-refractivity contribution < 1.29 is 8.42 Å². The van der Waals surface area contributed by atoms with Crippen LogP contribution in [-0.4, -0.2) is 22.0 Å². The maximum atomic E-state index is 11.9. The van der Waals surface area contributed by atoms with E-state index in [1.54, 1.807) is 25.1 Å². The molecule has 0 saturated carbocycles. The molecule has 0 aromatic heterocycles. The summed E-state index contributed by atoms with van der Waals surface area (Å²) in [5, 5.41) is 3.16. The highest BCUT2D eigenvalue weighted by Crippen LogP contribution is 2.19. The van der Waals surface area contributed by atoms with Crippen LogP contribution in [0.5, 0.6) is 0 Å². The minimum Gasteiger partial charge on any atom is -0.313 e. The monoisotopic (exact) mass is 256 g/mol. The van der Waals surface area contributed by atoms with E-state index in [-0.39, 0.29) is 6.04 Å². The first-order valence-electron chi connectivity index (χ1n) is 5.82. The Morgan fingerprint density at radius 3 is 2.53 bits per heavy atom. The number of rotatable bonds is 6. The van der Waals surface area contributed by atoms with Crippen molar-refractivity contribution in [3.63, 3.8) is 0 Å². The molecular formula is C12H20N2O2S. The summed E-state index contributed by atoms with van der Waals surface area (Å²) in [6.07, 6.45) is 0.918. The van der Waals surface area contributed by atoms with Gasteiger partial charge < -0.3 is 5.32 Å². The molecule has 0 amide bonds. The second kappa shape index (κ2) is 6.14. The Morgan fingerprint density at radius 2 is 2.00 bits per heavy atom. The Morgan fingerprint density at radius 1 is 1.29 bits per heavy atom. The van der Waals surface area contributed by atoms with Gasteiger partial charge in [-0.3, -0.25) is 0 Å². The second-order valence-corrected chi connectivity index (χ2v) is 5.59. The van der Waals surface area contributed by atoms with Crippen LogP contribution in [0.1, 0.15) is 31.9 Å². The van der Waals surface area contributed by atoms with Crippen molar-refractivity contribution in [1.29, 1.82) is 0 Å². The van der Waals surface area contributed by atoms with Crippen LogP contribution in [0.25, 0.3) is 0 Å². The molecule has 4 nitrogen and oxygen atoms in total. The summed E-state index contributed by atoms with van der Waals surface area (Å²) in [7, 11) is -1.49. The van der Waals surface area contributed by atoms with Gasteiger partial charge in [0.15, 0.2) is 0 Å². The van der Waals surface area contributed by atoms with Crippen molar-refractivity contribution >= 4 is 10.0 Å². The zero-order valence-corrected chi connectivity index (χ0v) is 11.3. The quantitative estimate of drug-likeness (QED) is 0.813. The summed E-state index contributed by atoms with van der Waals surface area (Å²) in [5.74, 6) is 0. The first kappa shape index (κ1) is 14.2. The molecule has 0 radical (unpaired) electrons. The fourth-order valence-electron chi connectivity index (χ4n) is 1.78. The van der Waals surface area contributed by atoms with E-state index in [0.29, 0.717) is 11.4 Å². The molecule has 0 bridgehead atoms. The lowest BCUT2D eigenvalue weighted by Gasteiger charge is -2.15. The molecular weight excluding hydrogens is 236 g/mol. The van der Waals surface area contributed by atoms with Crippen molar-refractivity contribution in [2.75, 3.05) is 13.6 Å². The van der Waals surface area contributed by atoms with E-state index in [9.17, 15) is 8.42 Å². The lowest BCUT2D eigenvalue weighted by Crippen LogP contribution is -2.23. The van der Waals surface area contributed by atoms with Crippen LogP contribution in [0.4, 0.5) is 0 Å². The lowest BCUT2D eigenvalue weighted by atomic mass is 10.1. The predicted octanol–water partition coefficient (Wildman–Crippen LogP) is 1.66. The minimum atomic E-state index is -3.36. The van der Waals surface area contributed by atoms with Crippen LogP contribution in [0.15, 0.2) is 29.2 Å². The van der Waals surface area contributed by atoms with E-state index < -0.39 is 10.0 Å². The summed E-state index contributed by atoms with van der Waals surface area (Å²) in [5.41, 5.74) is 0.994. The molecule has 1 aromatic rings. The van der Waals surface area contributed by atoms with Crippen LogP contribution in [-0.2, 0) is 10.0 Å². The van der Waals surface area contributed by atoms with Crippen LogP contribution < -0.4 is 10.0 Å². The molecule has 0 spiro atoms. The van der Waals surface area contributed by atoms with Gasteiger partial charge in [-0.2, -0.15) is 0 Å². The van der Waals surface area contributed by atoms with Crippen LogP contribution >= 0.6 is 0 Å². The maximum absolute atomic E-state index is 11.9. The van der Waals surface area contributed by atoms with E-state index >= 15 is 0 Å². The molecule has 0 heterocycles. The molecule has 5 heteroatoms. The number of hydrogen-bond donors (Lipinski definition) is 2. The summed E-state index contributed by atoms with van der Waals surface area (Å²) >= 11 is 0. The molecule has 1 atom stereocenters. The van der Waals surface area contributed by atoms with Gasteiger partial charge in [-0.15, -0.1) is 0 Å². The molecule has 0 fully saturated rings. The number of hydrogen-bond acceptors (Lipinski definition) is 3. The van der Waals surface area contributed by atoms with Crippen LogP contribution in [0, 0.1) is 0 Å². The predicted molar refractivity (Wildman–Crippen MR) is 69.4 cm³/mol. The zero-order valence-electron chi connectivity index (χ0n) is 10.5. The van der Waals surface area contributed by atoms with E-state index in [1.165, 1.54) is 0 Å². The summed E-state index contributed by atoms with van der Waals surface area (Å²) in [4.78, 5) is 0.325. The number of sulfonamides is 1. The van der Waals surface area contributed by atoms with Crippen LogP contribution in [0.3, 0.4) is 0 Å². The molecule has 96 valence electrons. The smallest absolute Gasteiger partial charge is 0.240 e. The fraction of sp³-hybridized carbons (Fsp3) is 0.500. The third-order valence-electron chi connectivity index (χ3n) is 2.66. The first-order valence-corrected chi connectivity index (χ1v) is 7.30. The molecule has 1 rings (SSSR count). The highest BCUT2D eigenvalue weighted by Gasteiger charge is 2.14. The molecule has 1 unspecified atom stereocenters. The standard InChI is InChI=1S/C12H20N2O2S/c1-4-12(13-3)10-7-6-8-11(9-10)17(15,16)14-5-2/h6-9,12-14H,4-5H2,1-3H3. The van der Waals surface area contributed by atoms with Gasteiger partial charge in [0.1, 0.15) is 0 Å². The minimum absolute atomic E-state index is 0.187. The molecule has 0 aliphatic rings. The Hall–Kier alpha value is -0.910. The molecule has 2 N–H and O–H groups in total. The largest absolute Gasteiger partial charge is 0.313 e. The summed E-state index contributed by atoms with van der Waals surface area (Å²) < 4.78 is 26.2. The average molecular weight is 256 g/mol. The van der Waals surface area contributed by atoms with Gasteiger partial charge in [0.25, 0.3) is 0 Å². The molecule has 0 aliphatic carbocycles. The number of nitrogens with one attached hydrogen (secondary N) is 2. The second-order valence-electron chi connectivity index (χ2n) is 3.82. The molecule has 17 heavy (non-hydrogen) atoms. The van der Waals surface area contributed by atoms with Gasteiger partial charge in [-0.1, -0.05) is 26.0 Å². The fourth-order valence-corrected chi connectivity index (χ4v) is 2.87. The van der Waals surface area contributed by atoms with Crippen LogP contribution in [0.2, 0.25) is 0 Å². The SMILES string of the molecule is CCNS(=O)(=O)c1cccc(C(CC)NC)c1. The highest BCUT2D eigenvalue weighted by atomic mass is 32.2. The van der Waals surface area contributed by atoms with E-state index in [2.05, 4.69) is 17.0 Å².